The second-order valence-corrected chi connectivity index (χ2v) is 8.32. The average Bonchev–Trinajstić information content (AvgIpc) is 2.78. The lowest BCUT2D eigenvalue weighted by Gasteiger charge is -2.32. The number of aliphatic hydroxyl groups is 1. The number of carbonyl (C=O) groups excluding carboxylic acids is 1. The summed E-state index contributed by atoms with van der Waals surface area (Å²) in [5.41, 5.74) is -0.0513. The Hall–Kier alpha value is -0.810. The molecule has 2 aliphatic heterocycles. The SMILES string of the molecule is CC(C)N1C2CCC1CN(C(=O)NCCCC(C)(C)CO)CC2. The molecule has 2 rings (SSSR count). The van der Waals surface area contributed by atoms with Crippen LogP contribution < -0.4 is 5.32 Å². The number of urea groups is 1. The molecule has 23 heavy (non-hydrogen) atoms. The molecule has 0 saturated carbocycles. The van der Waals surface area contributed by atoms with Crippen molar-refractivity contribution >= 4 is 6.03 Å². The van der Waals surface area contributed by atoms with Gasteiger partial charge in [0.15, 0.2) is 0 Å². The van der Waals surface area contributed by atoms with Gasteiger partial charge in [0, 0.05) is 44.4 Å². The van der Waals surface area contributed by atoms with Crippen molar-refractivity contribution in [1.82, 2.24) is 15.1 Å². The summed E-state index contributed by atoms with van der Waals surface area (Å²) in [7, 11) is 0. The minimum Gasteiger partial charge on any atom is -0.396 e. The summed E-state index contributed by atoms with van der Waals surface area (Å²) in [6.45, 7) is 11.3. The van der Waals surface area contributed by atoms with Crippen LogP contribution in [-0.4, -0.2) is 65.3 Å². The van der Waals surface area contributed by atoms with Crippen LogP contribution in [0.2, 0.25) is 0 Å². The van der Waals surface area contributed by atoms with Crippen molar-refractivity contribution in [1.29, 1.82) is 0 Å². The Balaban J connectivity index is 1.78. The van der Waals surface area contributed by atoms with Crippen molar-refractivity contribution in [2.24, 2.45) is 5.41 Å². The molecule has 5 heteroatoms. The molecule has 2 aliphatic rings. The van der Waals surface area contributed by atoms with E-state index in [9.17, 15) is 9.90 Å². The number of hydrogen-bond acceptors (Lipinski definition) is 3. The lowest BCUT2D eigenvalue weighted by atomic mass is 9.89. The van der Waals surface area contributed by atoms with Gasteiger partial charge in [0.2, 0.25) is 0 Å². The zero-order valence-electron chi connectivity index (χ0n) is 15.3. The molecule has 2 fully saturated rings. The summed E-state index contributed by atoms with van der Waals surface area (Å²) < 4.78 is 0. The molecule has 2 unspecified atom stereocenters. The minimum absolute atomic E-state index is 0.0513. The quantitative estimate of drug-likeness (QED) is 0.738. The van der Waals surface area contributed by atoms with Crippen LogP contribution in [0.25, 0.3) is 0 Å². The smallest absolute Gasteiger partial charge is 0.317 e. The van der Waals surface area contributed by atoms with Gasteiger partial charge in [-0.05, 0) is 51.4 Å². The number of rotatable bonds is 6. The number of amides is 2. The van der Waals surface area contributed by atoms with E-state index < -0.39 is 0 Å². The Morgan fingerprint density at radius 2 is 1.96 bits per heavy atom. The zero-order chi connectivity index (χ0) is 17.0. The number of likely N-dealkylation sites (tertiary alicyclic amines) is 1. The van der Waals surface area contributed by atoms with Crippen molar-refractivity contribution in [3.63, 3.8) is 0 Å². The van der Waals surface area contributed by atoms with Gasteiger partial charge in [-0.25, -0.2) is 4.79 Å². The Bertz CT molecular complexity index is 398. The largest absolute Gasteiger partial charge is 0.396 e. The Morgan fingerprint density at radius 3 is 2.61 bits per heavy atom. The van der Waals surface area contributed by atoms with E-state index in [0.29, 0.717) is 24.7 Å². The first-order chi connectivity index (χ1) is 10.8. The van der Waals surface area contributed by atoms with Gasteiger partial charge in [-0.2, -0.15) is 0 Å². The molecule has 5 nitrogen and oxygen atoms in total. The third kappa shape index (κ3) is 4.83. The maximum atomic E-state index is 12.4. The maximum absolute atomic E-state index is 12.4. The van der Waals surface area contributed by atoms with Gasteiger partial charge >= 0.3 is 6.03 Å². The molecule has 0 aromatic carbocycles. The van der Waals surface area contributed by atoms with Gasteiger partial charge in [-0.15, -0.1) is 0 Å². The van der Waals surface area contributed by atoms with E-state index >= 15 is 0 Å². The molecule has 2 N–H and O–H groups in total. The van der Waals surface area contributed by atoms with Crippen LogP contribution in [0.1, 0.15) is 59.8 Å². The third-order valence-corrected chi connectivity index (χ3v) is 5.46. The van der Waals surface area contributed by atoms with E-state index in [1.165, 1.54) is 12.8 Å². The summed E-state index contributed by atoms with van der Waals surface area (Å²) >= 11 is 0. The standard InChI is InChI=1S/C18H35N3O2/c1-14(2)21-15-6-7-16(21)12-20(11-8-15)17(23)19-10-5-9-18(3,4)13-22/h14-16,22H,5-13H2,1-4H3,(H,19,23). The molecule has 0 aliphatic carbocycles. The predicted molar refractivity (Wildman–Crippen MR) is 93.5 cm³/mol. The molecule has 2 amide bonds. The second-order valence-electron chi connectivity index (χ2n) is 8.32. The normalized spacial score (nSPS) is 25.7. The van der Waals surface area contributed by atoms with Crippen LogP contribution in [0.3, 0.4) is 0 Å². The lowest BCUT2D eigenvalue weighted by molar-refractivity contribution is 0.144. The highest BCUT2D eigenvalue weighted by Crippen LogP contribution is 2.31. The third-order valence-electron chi connectivity index (χ3n) is 5.46. The number of aliphatic hydroxyl groups excluding tert-OH is 1. The molecule has 0 radical (unpaired) electrons. The van der Waals surface area contributed by atoms with Crippen molar-refractivity contribution in [3.05, 3.63) is 0 Å². The second kappa shape index (κ2) is 7.84. The Kier molecular flexibility index (Phi) is 6.32. The van der Waals surface area contributed by atoms with E-state index in [-0.39, 0.29) is 18.1 Å². The molecular weight excluding hydrogens is 290 g/mol. The number of carbonyl (C=O) groups is 1. The number of nitrogens with zero attached hydrogens (tertiary/aromatic N) is 2. The zero-order valence-corrected chi connectivity index (χ0v) is 15.3. The van der Waals surface area contributed by atoms with Gasteiger partial charge in [0.1, 0.15) is 0 Å². The molecule has 134 valence electrons. The van der Waals surface area contributed by atoms with Gasteiger partial charge in [0.25, 0.3) is 0 Å². The topological polar surface area (TPSA) is 55.8 Å². The van der Waals surface area contributed by atoms with E-state index in [0.717, 1.165) is 32.4 Å². The average molecular weight is 325 g/mol. The van der Waals surface area contributed by atoms with Crippen molar-refractivity contribution in [2.45, 2.75) is 77.9 Å². The van der Waals surface area contributed by atoms with Crippen molar-refractivity contribution < 1.29 is 9.90 Å². The Morgan fingerprint density at radius 1 is 1.26 bits per heavy atom. The first kappa shape index (κ1) is 18.5. The monoisotopic (exact) mass is 325 g/mol. The van der Waals surface area contributed by atoms with Crippen molar-refractivity contribution in [3.8, 4) is 0 Å². The highest BCUT2D eigenvalue weighted by Gasteiger charge is 2.39. The summed E-state index contributed by atoms with van der Waals surface area (Å²) in [5, 5.41) is 12.3. The highest BCUT2D eigenvalue weighted by atomic mass is 16.3. The molecule has 0 aromatic rings. The van der Waals surface area contributed by atoms with Crippen LogP contribution in [0.4, 0.5) is 4.79 Å². The number of nitrogens with one attached hydrogen (secondary N) is 1. The van der Waals surface area contributed by atoms with Gasteiger partial charge in [-0.3, -0.25) is 4.90 Å². The molecule has 2 saturated heterocycles. The van der Waals surface area contributed by atoms with Gasteiger partial charge < -0.3 is 15.3 Å². The van der Waals surface area contributed by atoms with Crippen LogP contribution >= 0.6 is 0 Å². The van der Waals surface area contributed by atoms with Crippen LogP contribution in [0.15, 0.2) is 0 Å². The molecule has 0 aromatic heterocycles. The van der Waals surface area contributed by atoms with Crippen molar-refractivity contribution in [2.75, 3.05) is 26.2 Å². The first-order valence-electron chi connectivity index (χ1n) is 9.25. The molecule has 2 atom stereocenters. The fourth-order valence-corrected chi connectivity index (χ4v) is 4.09. The van der Waals surface area contributed by atoms with E-state index in [1.54, 1.807) is 0 Å². The van der Waals surface area contributed by atoms with E-state index in [1.807, 2.05) is 4.90 Å². The summed E-state index contributed by atoms with van der Waals surface area (Å²) in [6.07, 6.45) is 5.44. The van der Waals surface area contributed by atoms with Crippen LogP contribution in [0.5, 0.6) is 0 Å². The molecule has 2 heterocycles. The summed E-state index contributed by atoms with van der Waals surface area (Å²) in [6, 6.07) is 1.84. The van der Waals surface area contributed by atoms with Crippen LogP contribution in [0, 0.1) is 5.41 Å². The van der Waals surface area contributed by atoms with E-state index in [2.05, 4.69) is 37.9 Å². The number of fused-ring (bicyclic) bond motifs is 2. The minimum atomic E-state index is -0.0513. The highest BCUT2D eigenvalue weighted by molar-refractivity contribution is 5.74. The first-order valence-corrected chi connectivity index (χ1v) is 9.25. The van der Waals surface area contributed by atoms with Crippen LogP contribution in [-0.2, 0) is 0 Å². The summed E-state index contributed by atoms with van der Waals surface area (Å²) in [4.78, 5) is 17.1. The molecule has 2 bridgehead atoms. The fourth-order valence-electron chi connectivity index (χ4n) is 4.09. The number of hydrogen-bond donors (Lipinski definition) is 2. The Labute approximate surface area is 141 Å². The molecule has 0 spiro atoms. The van der Waals surface area contributed by atoms with Gasteiger partial charge in [0.05, 0.1) is 0 Å². The van der Waals surface area contributed by atoms with E-state index in [4.69, 9.17) is 0 Å². The lowest BCUT2D eigenvalue weighted by Crippen LogP contribution is -2.47. The summed E-state index contributed by atoms with van der Waals surface area (Å²) in [5.74, 6) is 0. The fraction of sp³-hybridized carbons (Fsp3) is 0.944. The maximum Gasteiger partial charge on any atom is 0.317 e. The predicted octanol–water partition coefficient (Wildman–Crippen LogP) is 2.44. The van der Waals surface area contributed by atoms with Gasteiger partial charge in [-0.1, -0.05) is 13.8 Å². The molecular formula is C18H35N3O2.